The maximum atomic E-state index is 10.9. The molecule has 6 nitrogen and oxygen atoms in total. The van der Waals surface area contributed by atoms with Gasteiger partial charge in [0.05, 0.1) is 6.20 Å². The first-order chi connectivity index (χ1) is 10.5. The van der Waals surface area contributed by atoms with Crippen molar-refractivity contribution in [2.45, 2.75) is 45.4 Å². The Morgan fingerprint density at radius 1 is 1.41 bits per heavy atom. The van der Waals surface area contributed by atoms with Crippen LogP contribution in [0.1, 0.15) is 43.3 Å². The molecule has 0 aliphatic carbocycles. The van der Waals surface area contributed by atoms with Gasteiger partial charge in [0.25, 0.3) is 0 Å². The first-order valence-corrected chi connectivity index (χ1v) is 7.75. The fourth-order valence-electron chi connectivity index (χ4n) is 2.88. The molecule has 22 heavy (non-hydrogen) atoms. The van der Waals surface area contributed by atoms with Gasteiger partial charge in [-0.2, -0.15) is 0 Å². The average molecular weight is 301 g/mol. The van der Waals surface area contributed by atoms with E-state index in [1.54, 1.807) is 4.68 Å². The number of β-amino-alcohol motifs (C(OH)–C–C–N with tert-alkyl or cyclic N) is 1. The van der Waals surface area contributed by atoms with Crippen LogP contribution >= 0.6 is 0 Å². The number of hydrogen-bond donors (Lipinski definition) is 1. The molecule has 0 radical (unpaired) electrons. The molecule has 1 unspecified atom stereocenters. The van der Waals surface area contributed by atoms with Crippen molar-refractivity contribution >= 4 is 0 Å². The molecule has 3 rings (SSSR count). The van der Waals surface area contributed by atoms with E-state index in [2.05, 4.69) is 40.1 Å². The number of likely N-dealkylation sites (tertiary alicyclic amines) is 1. The van der Waals surface area contributed by atoms with E-state index in [1.165, 1.54) is 5.56 Å². The Bertz CT molecular complexity index is 653. The molecule has 1 fully saturated rings. The fraction of sp³-hybridized carbons (Fsp3) is 0.562. The van der Waals surface area contributed by atoms with Crippen LogP contribution in [-0.4, -0.2) is 43.1 Å². The third-order valence-electron chi connectivity index (χ3n) is 4.35. The number of aryl methyl sites for hydroxylation is 1. The molecule has 2 aromatic heterocycles. The van der Waals surface area contributed by atoms with Gasteiger partial charge < -0.3 is 5.11 Å². The van der Waals surface area contributed by atoms with Gasteiger partial charge in [-0.05, 0) is 38.8 Å². The number of aromatic nitrogens is 4. The minimum atomic E-state index is -0.900. The van der Waals surface area contributed by atoms with Gasteiger partial charge in [-0.25, -0.2) is 4.68 Å². The second kappa shape index (κ2) is 5.78. The van der Waals surface area contributed by atoms with Crippen LogP contribution < -0.4 is 0 Å². The Morgan fingerprint density at radius 3 is 2.91 bits per heavy atom. The highest BCUT2D eigenvalue weighted by Gasteiger charge is 2.40. The van der Waals surface area contributed by atoms with Crippen LogP contribution in [0.3, 0.4) is 0 Å². The topological polar surface area (TPSA) is 67.1 Å². The van der Waals surface area contributed by atoms with Crippen LogP contribution in [0.5, 0.6) is 0 Å². The zero-order chi connectivity index (χ0) is 15.7. The predicted octanol–water partition coefficient (Wildman–Crippen LogP) is 1.66. The van der Waals surface area contributed by atoms with Gasteiger partial charge in [-0.1, -0.05) is 11.3 Å². The molecule has 2 aromatic rings. The molecule has 1 aliphatic heterocycles. The number of rotatable bonds is 4. The van der Waals surface area contributed by atoms with E-state index in [4.69, 9.17) is 0 Å². The van der Waals surface area contributed by atoms with Gasteiger partial charge in [0, 0.05) is 37.6 Å². The lowest BCUT2D eigenvalue weighted by molar-refractivity contribution is 0.0408. The second-order valence-electron chi connectivity index (χ2n) is 6.42. The lowest BCUT2D eigenvalue weighted by Gasteiger charge is -2.21. The Hall–Kier alpha value is -1.79. The normalized spacial score (nSPS) is 22.6. The van der Waals surface area contributed by atoms with Crippen LogP contribution in [-0.2, 0) is 12.1 Å². The highest BCUT2D eigenvalue weighted by atomic mass is 16.3. The molecule has 1 aliphatic rings. The summed E-state index contributed by atoms with van der Waals surface area (Å²) in [5, 5.41) is 19.2. The number of aliphatic hydroxyl groups is 1. The quantitative estimate of drug-likeness (QED) is 0.930. The minimum absolute atomic E-state index is 0.250. The van der Waals surface area contributed by atoms with E-state index in [0.717, 1.165) is 18.8 Å². The highest BCUT2D eigenvalue weighted by molar-refractivity contribution is 5.19. The predicted molar refractivity (Wildman–Crippen MR) is 83.2 cm³/mol. The van der Waals surface area contributed by atoms with Crippen molar-refractivity contribution in [2.24, 2.45) is 0 Å². The van der Waals surface area contributed by atoms with Crippen molar-refractivity contribution in [3.05, 3.63) is 41.5 Å². The summed E-state index contributed by atoms with van der Waals surface area (Å²) in [6, 6.07) is 4.30. The van der Waals surface area contributed by atoms with Gasteiger partial charge >= 0.3 is 0 Å². The Balaban J connectivity index is 1.71. The maximum Gasteiger partial charge on any atom is 0.124 e. The van der Waals surface area contributed by atoms with E-state index >= 15 is 0 Å². The minimum Gasteiger partial charge on any atom is -0.382 e. The molecule has 118 valence electrons. The van der Waals surface area contributed by atoms with E-state index in [0.29, 0.717) is 18.7 Å². The van der Waals surface area contributed by atoms with E-state index < -0.39 is 5.60 Å². The molecule has 0 amide bonds. The first kappa shape index (κ1) is 15.1. The second-order valence-corrected chi connectivity index (χ2v) is 6.42. The van der Waals surface area contributed by atoms with E-state index in [1.807, 2.05) is 25.4 Å². The first-order valence-electron chi connectivity index (χ1n) is 7.75. The smallest absolute Gasteiger partial charge is 0.124 e. The molecule has 1 saturated heterocycles. The van der Waals surface area contributed by atoms with Crippen LogP contribution in [0.4, 0.5) is 0 Å². The summed E-state index contributed by atoms with van der Waals surface area (Å²) in [6.45, 7) is 8.35. The van der Waals surface area contributed by atoms with Crippen LogP contribution in [0.2, 0.25) is 0 Å². The van der Waals surface area contributed by atoms with Crippen molar-refractivity contribution < 1.29 is 5.11 Å². The van der Waals surface area contributed by atoms with Crippen molar-refractivity contribution in [1.29, 1.82) is 0 Å². The SMILES string of the molecule is Cc1ncccc1CN1CCC(O)(c2cn(C(C)C)nn2)C1. The van der Waals surface area contributed by atoms with E-state index in [9.17, 15) is 5.11 Å². The Kier molecular flexibility index (Phi) is 3.97. The summed E-state index contributed by atoms with van der Waals surface area (Å²) in [6.07, 6.45) is 4.36. The van der Waals surface area contributed by atoms with Gasteiger partial charge in [0.2, 0.25) is 0 Å². The number of pyridine rings is 1. The molecular weight excluding hydrogens is 278 g/mol. The van der Waals surface area contributed by atoms with Crippen molar-refractivity contribution in [1.82, 2.24) is 24.9 Å². The number of nitrogens with zero attached hydrogens (tertiary/aromatic N) is 5. The van der Waals surface area contributed by atoms with Crippen molar-refractivity contribution in [3.63, 3.8) is 0 Å². The Labute approximate surface area is 130 Å². The molecule has 6 heteroatoms. The molecule has 3 heterocycles. The van der Waals surface area contributed by atoms with Crippen LogP contribution in [0, 0.1) is 6.92 Å². The maximum absolute atomic E-state index is 10.9. The van der Waals surface area contributed by atoms with Gasteiger partial charge in [-0.3, -0.25) is 9.88 Å². The van der Waals surface area contributed by atoms with Crippen molar-refractivity contribution in [2.75, 3.05) is 13.1 Å². The summed E-state index contributed by atoms with van der Waals surface area (Å²) in [7, 11) is 0. The summed E-state index contributed by atoms with van der Waals surface area (Å²) >= 11 is 0. The monoisotopic (exact) mass is 301 g/mol. The molecule has 0 aromatic carbocycles. The van der Waals surface area contributed by atoms with Gasteiger partial charge in [0.15, 0.2) is 0 Å². The summed E-state index contributed by atoms with van der Waals surface area (Å²) in [5.74, 6) is 0. The largest absolute Gasteiger partial charge is 0.382 e. The third-order valence-corrected chi connectivity index (χ3v) is 4.35. The summed E-state index contributed by atoms with van der Waals surface area (Å²) in [4.78, 5) is 6.57. The summed E-state index contributed by atoms with van der Waals surface area (Å²) in [5.41, 5.74) is 2.02. The van der Waals surface area contributed by atoms with Crippen LogP contribution in [0.15, 0.2) is 24.5 Å². The van der Waals surface area contributed by atoms with Gasteiger partial charge in [0.1, 0.15) is 11.3 Å². The molecule has 1 atom stereocenters. The zero-order valence-electron chi connectivity index (χ0n) is 13.4. The molecular formula is C16H23N5O. The van der Waals surface area contributed by atoms with Gasteiger partial charge in [-0.15, -0.1) is 5.10 Å². The zero-order valence-corrected chi connectivity index (χ0v) is 13.4. The summed E-state index contributed by atoms with van der Waals surface area (Å²) < 4.78 is 1.79. The molecule has 0 saturated carbocycles. The Morgan fingerprint density at radius 2 is 2.23 bits per heavy atom. The lowest BCUT2D eigenvalue weighted by atomic mass is 10.00. The lowest BCUT2D eigenvalue weighted by Crippen LogP contribution is -2.31. The number of hydrogen-bond acceptors (Lipinski definition) is 5. The molecule has 0 spiro atoms. The molecule has 1 N–H and O–H groups in total. The average Bonchev–Trinajstić information content (AvgIpc) is 3.10. The standard InChI is InChI=1S/C16H23N5O/c1-12(2)21-10-15(18-19-21)16(22)6-8-20(11-16)9-14-5-4-7-17-13(14)3/h4-5,7,10,12,22H,6,8-9,11H2,1-3H3. The highest BCUT2D eigenvalue weighted by Crippen LogP contribution is 2.31. The third kappa shape index (κ3) is 2.89. The fourth-order valence-corrected chi connectivity index (χ4v) is 2.88. The molecule has 0 bridgehead atoms. The van der Waals surface area contributed by atoms with Crippen molar-refractivity contribution in [3.8, 4) is 0 Å². The van der Waals surface area contributed by atoms with E-state index in [-0.39, 0.29) is 6.04 Å². The van der Waals surface area contributed by atoms with Crippen LogP contribution in [0.25, 0.3) is 0 Å².